The number of hydrogen-bond donors (Lipinski definition) is 1. The van der Waals surface area contributed by atoms with E-state index in [0.29, 0.717) is 17.7 Å². The van der Waals surface area contributed by atoms with Crippen molar-refractivity contribution >= 4 is 0 Å². The third-order valence-corrected chi connectivity index (χ3v) is 4.03. The van der Waals surface area contributed by atoms with Gasteiger partial charge in [-0.05, 0) is 43.0 Å². The molecule has 0 saturated heterocycles. The molecule has 0 amide bonds. The molecule has 0 aliphatic rings. The molecule has 1 nitrogen and oxygen atoms in total. The van der Waals surface area contributed by atoms with Gasteiger partial charge >= 0.3 is 12.4 Å². The van der Waals surface area contributed by atoms with E-state index in [4.69, 9.17) is 0 Å². The Morgan fingerprint density at radius 2 is 1.40 bits per heavy atom. The molecular weight excluding hydrogens is 346 g/mol. The summed E-state index contributed by atoms with van der Waals surface area (Å²) >= 11 is 0. The highest BCUT2D eigenvalue weighted by Gasteiger charge is 2.54. The largest absolute Gasteiger partial charge is 0.421 e. The van der Waals surface area contributed by atoms with Crippen LogP contribution in [0.15, 0.2) is 48.5 Å². The van der Waals surface area contributed by atoms with Gasteiger partial charge in [0.1, 0.15) is 0 Å². The van der Waals surface area contributed by atoms with Crippen molar-refractivity contribution < 1.29 is 31.4 Å². The number of benzene rings is 2. The quantitative estimate of drug-likeness (QED) is 0.723. The Morgan fingerprint density at radius 3 is 1.92 bits per heavy atom. The van der Waals surface area contributed by atoms with Gasteiger partial charge in [0.2, 0.25) is 0 Å². The maximum absolute atomic E-state index is 13.5. The van der Waals surface area contributed by atoms with Gasteiger partial charge in [0.05, 0.1) is 5.56 Å². The highest BCUT2D eigenvalue weighted by Crippen LogP contribution is 2.43. The number of hydrogen-bond acceptors (Lipinski definition) is 1. The van der Waals surface area contributed by atoms with Crippen LogP contribution in [0.25, 0.3) is 0 Å². The van der Waals surface area contributed by atoms with Gasteiger partial charge in [0.15, 0.2) is 5.60 Å². The van der Waals surface area contributed by atoms with E-state index in [1.165, 1.54) is 0 Å². The smallest absolute Gasteiger partial charge is 0.376 e. The van der Waals surface area contributed by atoms with Crippen LogP contribution in [0, 0.1) is 6.92 Å². The maximum Gasteiger partial charge on any atom is 0.421 e. The van der Waals surface area contributed by atoms with Gasteiger partial charge in [0, 0.05) is 0 Å². The topological polar surface area (TPSA) is 20.2 Å². The van der Waals surface area contributed by atoms with Gasteiger partial charge in [-0.25, -0.2) is 0 Å². The summed E-state index contributed by atoms with van der Waals surface area (Å²) in [6.07, 6.45) is -10.8. The van der Waals surface area contributed by atoms with Gasteiger partial charge in [-0.2, -0.15) is 26.3 Å². The first-order chi connectivity index (χ1) is 11.4. The van der Waals surface area contributed by atoms with Crippen molar-refractivity contribution in [3.8, 4) is 0 Å². The molecule has 1 N–H and O–H groups in total. The first-order valence-corrected chi connectivity index (χ1v) is 7.46. The van der Waals surface area contributed by atoms with E-state index in [-0.39, 0.29) is 6.42 Å². The molecule has 136 valence electrons. The third-order valence-electron chi connectivity index (χ3n) is 4.03. The predicted octanol–water partition coefficient (Wildman–Crippen LogP) is 5.40. The fourth-order valence-electron chi connectivity index (χ4n) is 2.48. The molecule has 0 radical (unpaired) electrons. The Labute approximate surface area is 140 Å². The Balaban J connectivity index is 2.36. The summed E-state index contributed by atoms with van der Waals surface area (Å²) in [5.74, 6) is 0. The lowest BCUT2D eigenvalue weighted by molar-refractivity contribution is -0.269. The van der Waals surface area contributed by atoms with Crippen molar-refractivity contribution in [1.82, 2.24) is 0 Å². The minimum atomic E-state index is -5.11. The van der Waals surface area contributed by atoms with Crippen LogP contribution in [0.4, 0.5) is 26.3 Å². The fourth-order valence-corrected chi connectivity index (χ4v) is 2.48. The molecule has 0 aliphatic carbocycles. The normalized spacial score (nSPS) is 15.0. The van der Waals surface area contributed by atoms with Crippen molar-refractivity contribution in [2.45, 2.75) is 37.7 Å². The lowest BCUT2D eigenvalue weighted by Crippen LogP contribution is -2.43. The first-order valence-electron chi connectivity index (χ1n) is 7.46. The van der Waals surface area contributed by atoms with Crippen LogP contribution in [0.5, 0.6) is 0 Å². The number of aryl methyl sites for hydroxylation is 2. The first kappa shape index (κ1) is 19.3. The average Bonchev–Trinajstić information content (AvgIpc) is 2.52. The molecule has 0 fully saturated rings. The third kappa shape index (κ3) is 4.34. The van der Waals surface area contributed by atoms with Crippen molar-refractivity contribution in [3.63, 3.8) is 0 Å². The number of rotatable bonds is 4. The zero-order chi connectivity index (χ0) is 18.9. The minimum Gasteiger partial charge on any atom is -0.376 e. The summed E-state index contributed by atoms with van der Waals surface area (Å²) in [5.41, 5.74) is -3.93. The molecule has 1 atom stereocenters. The molecular formula is C18H16F6O. The average molecular weight is 362 g/mol. The van der Waals surface area contributed by atoms with E-state index in [0.717, 1.165) is 17.7 Å². The summed E-state index contributed by atoms with van der Waals surface area (Å²) in [6.45, 7) is 1.82. The van der Waals surface area contributed by atoms with Crippen LogP contribution >= 0.6 is 0 Å². The van der Waals surface area contributed by atoms with Gasteiger partial charge in [-0.15, -0.1) is 0 Å². The van der Waals surface area contributed by atoms with Crippen LogP contribution in [0.3, 0.4) is 0 Å². The van der Waals surface area contributed by atoms with Gasteiger partial charge in [0.25, 0.3) is 0 Å². The van der Waals surface area contributed by atoms with Crippen molar-refractivity contribution in [2.24, 2.45) is 0 Å². The van der Waals surface area contributed by atoms with Crippen LogP contribution in [0.2, 0.25) is 0 Å². The SMILES string of the molecule is Cc1ccc(CCC(O)(c2cccc(C(F)(F)F)c2)C(F)(F)F)cc1. The van der Waals surface area contributed by atoms with Crippen molar-refractivity contribution in [1.29, 1.82) is 0 Å². The van der Waals surface area contributed by atoms with Crippen molar-refractivity contribution in [2.75, 3.05) is 0 Å². The Hall–Kier alpha value is -2.02. The second-order valence-electron chi connectivity index (χ2n) is 5.92. The van der Waals surface area contributed by atoms with E-state index >= 15 is 0 Å². The summed E-state index contributed by atoms with van der Waals surface area (Å²) in [6, 6.07) is 9.41. The van der Waals surface area contributed by atoms with Crippen LogP contribution in [-0.2, 0) is 18.2 Å². The van der Waals surface area contributed by atoms with Gasteiger partial charge in [-0.1, -0.05) is 42.0 Å². The predicted molar refractivity (Wildman–Crippen MR) is 80.9 cm³/mol. The van der Waals surface area contributed by atoms with Crippen LogP contribution in [0.1, 0.15) is 28.7 Å². The van der Waals surface area contributed by atoms with E-state index in [2.05, 4.69) is 0 Å². The lowest BCUT2D eigenvalue weighted by Gasteiger charge is -2.31. The zero-order valence-corrected chi connectivity index (χ0v) is 13.2. The van der Waals surface area contributed by atoms with Crippen LogP contribution < -0.4 is 0 Å². The molecule has 0 aromatic heterocycles. The Bertz CT molecular complexity index is 718. The maximum atomic E-state index is 13.5. The summed E-state index contributed by atoms with van der Waals surface area (Å²) in [7, 11) is 0. The zero-order valence-electron chi connectivity index (χ0n) is 13.2. The van der Waals surface area contributed by atoms with E-state index in [9.17, 15) is 31.4 Å². The van der Waals surface area contributed by atoms with Gasteiger partial charge in [-0.3, -0.25) is 0 Å². The Morgan fingerprint density at radius 1 is 0.840 bits per heavy atom. The standard InChI is InChI=1S/C18H16F6O/c1-12-5-7-13(8-6-12)9-10-16(25,18(22,23)24)14-3-2-4-15(11-14)17(19,20)21/h2-8,11,25H,9-10H2,1H3. The van der Waals surface area contributed by atoms with Gasteiger partial charge < -0.3 is 5.11 Å². The fraction of sp³-hybridized carbons (Fsp3) is 0.333. The second-order valence-corrected chi connectivity index (χ2v) is 5.92. The molecule has 2 rings (SSSR count). The molecule has 7 heteroatoms. The molecule has 2 aromatic rings. The van der Waals surface area contributed by atoms with E-state index in [1.54, 1.807) is 24.3 Å². The van der Waals surface area contributed by atoms with Crippen LogP contribution in [-0.4, -0.2) is 11.3 Å². The number of alkyl halides is 6. The second kappa shape index (κ2) is 6.71. The molecule has 2 aromatic carbocycles. The monoisotopic (exact) mass is 362 g/mol. The lowest BCUT2D eigenvalue weighted by atomic mass is 9.86. The molecule has 1 unspecified atom stereocenters. The molecule has 0 bridgehead atoms. The molecule has 0 aliphatic heterocycles. The highest BCUT2D eigenvalue weighted by molar-refractivity contribution is 5.32. The number of halogens is 6. The summed E-state index contributed by atoms with van der Waals surface area (Å²) in [5, 5.41) is 10.2. The molecule has 0 spiro atoms. The molecule has 0 saturated carbocycles. The van der Waals surface area contributed by atoms with Crippen molar-refractivity contribution in [3.05, 3.63) is 70.8 Å². The van der Waals surface area contributed by atoms with E-state index < -0.39 is 35.5 Å². The van der Waals surface area contributed by atoms with E-state index in [1.807, 2.05) is 6.92 Å². The summed E-state index contributed by atoms with van der Waals surface area (Å²) in [4.78, 5) is 0. The number of aliphatic hydroxyl groups is 1. The minimum absolute atomic E-state index is 0.132. The molecule has 0 heterocycles. The Kier molecular flexibility index (Phi) is 5.18. The molecule has 25 heavy (non-hydrogen) atoms. The summed E-state index contributed by atoms with van der Waals surface area (Å²) < 4.78 is 78.7. The highest BCUT2D eigenvalue weighted by atomic mass is 19.4.